The molecule has 5 nitrogen and oxygen atoms in total. The molecule has 2 heterocycles. The normalized spacial score (nSPS) is 15.6. The van der Waals surface area contributed by atoms with E-state index in [9.17, 15) is 4.79 Å². The quantitative estimate of drug-likeness (QED) is 0.801. The summed E-state index contributed by atoms with van der Waals surface area (Å²) in [5, 5.41) is 3.29. The minimum Gasteiger partial charge on any atom is -0.339 e. The van der Waals surface area contributed by atoms with Crippen LogP contribution in [-0.4, -0.2) is 46.5 Å². The molecule has 1 saturated heterocycles. The molecule has 1 amide bonds. The van der Waals surface area contributed by atoms with Crippen LogP contribution in [0.3, 0.4) is 0 Å². The zero-order valence-electron chi connectivity index (χ0n) is 14.4. The van der Waals surface area contributed by atoms with Crippen LogP contribution in [0.2, 0.25) is 0 Å². The number of aromatic nitrogens is 2. The number of likely N-dealkylation sites (tertiary alicyclic amines) is 1. The van der Waals surface area contributed by atoms with E-state index in [1.54, 1.807) is 0 Å². The van der Waals surface area contributed by atoms with Gasteiger partial charge in [-0.25, -0.2) is 4.98 Å². The lowest BCUT2D eigenvalue weighted by Gasteiger charge is -2.31. The third-order valence-corrected chi connectivity index (χ3v) is 5.04. The van der Waals surface area contributed by atoms with Gasteiger partial charge in [0.2, 0.25) is 0 Å². The van der Waals surface area contributed by atoms with E-state index in [4.69, 9.17) is 0 Å². The Bertz CT molecular complexity index is 876. The number of rotatable bonds is 3. The summed E-state index contributed by atoms with van der Waals surface area (Å²) in [7, 11) is 1.99. The molecule has 4 rings (SSSR count). The minimum atomic E-state index is 0.122. The Hall–Kier alpha value is -2.66. The molecule has 1 aliphatic rings. The van der Waals surface area contributed by atoms with Gasteiger partial charge >= 0.3 is 0 Å². The number of nitrogens with zero attached hydrogens (tertiary/aromatic N) is 3. The fourth-order valence-corrected chi connectivity index (χ4v) is 3.48. The summed E-state index contributed by atoms with van der Waals surface area (Å²) < 4.78 is 2.04. The van der Waals surface area contributed by atoms with Crippen LogP contribution in [0.25, 0.3) is 16.7 Å². The molecule has 5 heteroatoms. The second-order valence-electron chi connectivity index (χ2n) is 6.51. The highest BCUT2D eigenvalue weighted by atomic mass is 16.2. The maximum absolute atomic E-state index is 12.7. The Morgan fingerprint density at radius 1 is 1.08 bits per heavy atom. The molecule has 1 N–H and O–H groups in total. The molecule has 128 valence electrons. The number of amides is 1. The third-order valence-electron chi connectivity index (χ3n) is 5.04. The van der Waals surface area contributed by atoms with E-state index in [0.29, 0.717) is 6.04 Å². The van der Waals surface area contributed by atoms with Crippen molar-refractivity contribution in [1.29, 1.82) is 0 Å². The summed E-state index contributed by atoms with van der Waals surface area (Å²) in [6, 6.07) is 16.4. The Labute approximate surface area is 147 Å². The number of carbonyl (C=O) groups is 1. The fourth-order valence-electron chi connectivity index (χ4n) is 3.48. The van der Waals surface area contributed by atoms with Gasteiger partial charge in [-0.2, -0.15) is 0 Å². The SMILES string of the molecule is CNC1CCN(C(=O)c2ccc(-n3cnc4ccccc43)cc2)CC1. The van der Waals surface area contributed by atoms with Crippen molar-refractivity contribution in [2.24, 2.45) is 0 Å². The Kier molecular flexibility index (Phi) is 4.24. The van der Waals surface area contributed by atoms with E-state index in [1.807, 2.05) is 71.4 Å². The minimum absolute atomic E-state index is 0.122. The molecular formula is C20H22N4O. The van der Waals surface area contributed by atoms with Crippen LogP contribution in [0.5, 0.6) is 0 Å². The highest BCUT2D eigenvalue weighted by Crippen LogP contribution is 2.19. The molecule has 2 aromatic carbocycles. The summed E-state index contributed by atoms with van der Waals surface area (Å²) in [6.07, 6.45) is 3.85. The van der Waals surface area contributed by atoms with Crippen LogP contribution in [0.4, 0.5) is 0 Å². The monoisotopic (exact) mass is 334 g/mol. The van der Waals surface area contributed by atoms with Gasteiger partial charge in [-0.3, -0.25) is 9.36 Å². The average molecular weight is 334 g/mol. The Balaban J connectivity index is 1.53. The molecule has 3 aromatic rings. The number of imidazole rings is 1. The summed E-state index contributed by atoms with van der Waals surface area (Å²) in [6.45, 7) is 1.64. The van der Waals surface area contributed by atoms with Crippen LogP contribution in [0, 0.1) is 0 Å². The molecular weight excluding hydrogens is 312 g/mol. The van der Waals surface area contributed by atoms with Gasteiger partial charge in [-0.1, -0.05) is 12.1 Å². The molecule has 0 unspecified atom stereocenters. The predicted molar refractivity (Wildman–Crippen MR) is 99.1 cm³/mol. The van der Waals surface area contributed by atoms with E-state index in [-0.39, 0.29) is 5.91 Å². The molecule has 25 heavy (non-hydrogen) atoms. The Morgan fingerprint density at radius 2 is 1.80 bits per heavy atom. The highest BCUT2D eigenvalue weighted by molar-refractivity contribution is 5.94. The molecule has 1 aromatic heterocycles. The first kappa shape index (κ1) is 15.8. The van der Waals surface area contributed by atoms with E-state index in [1.165, 1.54) is 0 Å². The second-order valence-corrected chi connectivity index (χ2v) is 6.51. The van der Waals surface area contributed by atoms with Gasteiger partial charge in [0.25, 0.3) is 5.91 Å². The number of hydrogen-bond donors (Lipinski definition) is 1. The smallest absolute Gasteiger partial charge is 0.253 e. The zero-order chi connectivity index (χ0) is 17.2. The number of fused-ring (bicyclic) bond motifs is 1. The lowest BCUT2D eigenvalue weighted by molar-refractivity contribution is 0.0707. The first-order valence-corrected chi connectivity index (χ1v) is 8.75. The summed E-state index contributed by atoms with van der Waals surface area (Å²) in [4.78, 5) is 19.1. The van der Waals surface area contributed by atoms with Gasteiger partial charge in [-0.15, -0.1) is 0 Å². The predicted octanol–water partition coefficient (Wildman–Crippen LogP) is 2.85. The van der Waals surface area contributed by atoms with Gasteiger partial charge < -0.3 is 10.2 Å². The maximum Gasteiger partial charge on any atom is 0.253 e. The fraction of sp³-hybridized carbons (Fsp3) is 0.300. The topological polar surface area (TPSA) is 50.2 Å². The lowest BCUT2D eigenvalue weighted by atomic mass is 10.0. The third kappa shape index (κ3) is 3.03. The number of piperidine rings is 1. The molecule has 0 spiro atoms. The zero-order valence-corrected chi connectivity index (χ0v) is 14.4. The molecule has 0 saturated carbocycles. The largest absolute Gasteiger partial charge is 0.339 e. The van der Waals surface area contributed by atoms with Crippen LogP contribution in [0.1, 0.15) is 23.2 Å². The van der Waals surface area contributed by atoms with Crippen molar-refractivity contribution < 1.29 is 4.79 Å². The second kappa shape index (κ2) is 6.69. The van der Waals surface area contributed by atoms with Crippen LogP contribution in [-0.2, 0) is 0 Å². The molecule has 1 aliphatic heterocycles. The van der Waals surface area contributed by atoms with Crippen molar-refractivity contribution in [1.82, 2.24) is 19.8 Å². The molecule has 1 fully saturated rings. The molecule has 0 atom stereocenters. The van der Waals surface area contributed by atoms with Crippen molar-refractivity contribution in [3.63, 3.8) is 0 Å². The number of nitrogens with one attached hydrogen (secondary N) is 1. The van der Waals surface area contributed by atoms with Crippen LogP contribution >= 0.6 is 0 Å². The number of para-hydroxylation sites is 2. The van der Waals surface area contributed by atoms with E-state index < -0.39 is 0 Å². The van der Waals surface area contributed by atoms with Gasteiger partial charge in [0.15, 0.2) is 0 Å². The summed E-state index contributed by atoms with van der Waals surface area (Å²) >= 11 is 0. The standard InChI is InChI=1S/C20H22N4O/c1-21-16-10-12-23(13-11-16)20(25)15-6-8-17(9-7-15)24-14-22-18-4-2-3-5-19(18)24/h2-9,14,16,21H,10-13H2,1H3. The van der Waals surface area contributed by atoms with E-state index >= 15 is 0 Å². The first-order valence-electron chi connectivity index (χ1n) is 8.75. The van der Waals surface area contributed by atoms with Crippen molar-refractivity contribution in [2.75, 3.05) is 20.1 Å². The number of hydrogen-bond acceptors (Lipinski definition) is 3. The van der Waals surface area contributed by atoms with E-state index in [0.717, 1.165) is 48.2 Å². The first-order chi connectivity index (χ1) is 12.3. The van der Waals surface area contributed by atoms with Gasteiger partial charge in [-0.05, 0) is 56.3 Å². The van der Waals surface area contributed by atoms with Crippen molar-refractivity contribution in [3.8, 4) is 5.69 Å². The van der Waals surface area contributed by atoms with Crippen LogP contribution in [0.15, 0.2) is 54.9 Å². The highest BCUT2D eigenvalue weighted by Gasteiger charge is 2.22. The lowest BCUT2D eigenvalue weighted by Crippen LogP contribution is -2.43. The summed E-state index contributed by atoms with van der Waals surface area (Å²) in [5.41, 5.74) is 3.79. The summed E-state index contributed by atoms with van der Waals surface area (Å²) in [5.74, 6) is 0.122. The maximum atomic E-state index is 12.7. The Morgan fingerprint density at radius 3 is 2.52 bits per heavy atom. The van der Waals surface area contributed by atoms with Crippen molar-refractivity contribution in [2.45, 2.75) is 18.9 Å². The number of carbonyl (C=O) groups excluding carboxylic acids is 1. The van der Waals surface area contributed by atoms with Crippen molar-refractivity contribution >= 4 is 16.9 Å². The van der Waals surface area contributed by atoms with E-state index in [2.05, 4.69) is 10.3 Å². The van der Waals surface area contributed by atoms with Gasteiger partial charge in [0.1, 0.15) is 6.33 Å². The van der Waals surface area contributed by atoms with Gasteiger partial charge in [0, 0.05) is 30.4 Å². The van der Waals surface area contributed by atoms with Gasteiger partial charge in [0.05, 0.1) is 11.0 Å². The van der Waals surface area contributed by atoms with Crippen LogP contribution < -0.4 is 5.32 Å². The number of benzene rings is 2. The van der Waals surface area contributed by atoms with Crippen molar-refractivity contribution in [3.05, 3.63) is 60.4 Å². The average Bonchev–Trinajstić information content (AvgIpc) is 3.12. The molecule has 0 aliphatic carbocycles. The molecule has 0 radical (unpaired) electrons. The molecule has 0 bridgehead atoms.